The Labute approximate surface area is 125 Å². The van der Waals surface area contributed by atoms with E-state index in [9.17, 15) is 0 Å². The van der Waals surface area contributed by atoms with Crippen molar-refractivity contribution in [2.24, 2.45) is 7.05 Å². The summed E-state index contributed by atoms with van der Waals surface area (Å²) < 4.78 is 13.3. The molecule has 6 nitrogen and oxygen atoms in total. The Morgan fingerprint density at radius 3 is 2.76 bits per heavy atom. The quantitative estimate of drug-likeness (QED) is 0.804. The highest BCUT2D eigenvalue weighted by Crippen LogP contribution is 2.32. The van der Waals surface area contributed by atoms with E-state index in [0.29, 0.717) is 13.2 Å². The highest BCUT2D eigenvalue weighted by atomic mass is 16.5. The van der Waals surface area contributed by atoms with Crippen LogP contribution in [0.3, 0.4) is 0 Å². The van der Waals surface area contributed by atoms with Crippen LogP contribution in [-0.2, 0) is 20.2 Å². The molecule has 1 N–H and O–H groups in total. The number of hydrogen-bond donors (Lipinski definition) is 1. The first-order valence-corrected chi connectivity index (χ1v) is 7.18. The second-order valence-electron chi connectivity index (χ2n) is 4.63. The fourth-order valence-electron chi connectivity index (χ4n) is 2.00. The first-order valence-electron chi connectivity index (χ1n) is 7.18. The first-order chi connectivity index (χ1) is 10.2. The molecule has 0 unspecified atom stereocenters. The summed E-state index contributed by atoms with van der Waals surface area (Å²) in [5.41, 5.74) is 1.87. The average molecular weight is 290 g/mol. The highest BCUT2D eigenvalue weighted by Gasteiger charge is 2.12. The summed E-state index contributed by atoms with van der Waals surface area (Å²) in [6.45, 7) is 6.66. The van der Waals surface area contributed by atoms with E-state index >= 15 is 0 Å². The second-order valence-corrected chi connectivity index (χ2v) is 4.63. The van der Waals surface area contributed by atoms with Crippen LogP contribution in [0, 0.1) is 0 Å². The predicted octanol–water partition coefficient (Wildman–Crippen LogP) is 1.90. The van der Waals surface area contributed by atoms with Crippen molar-refractivity contribution in [2.45, 2.75) is 27.0 Å². The van der Waals surface area contributed by atoms with Crippen LogP contribution in [0.1, 0.15) is 25.1 Å². The summed E-state index contributed by atoms with van der Waals surface area (Å²) in [5, 5.41) is 11.2. The molecule has 2 rings (SSSR count). The van der Waals surface area contributed by atoms with Gasteiger partial charge in [0.05, 0.1) is 12.8 Å². The number of ether oxygens (including phenoxy) is 2. The lowest BCUT2D eigenvalue weighted by atomic mass is 10.2. The fraction of sp³-hybridized carbons (Fsp3) is 0.467. The van der Waals surface area contributed by atoms with Gasteiger partial charge in [0.2, 0.25) is 0 Å². The molecule has 1 aromatic carbocycles. The molecule has 0 aliphatic heterocycles. The number of aromatic nitrogens is 3. The zero-order chi connectivity index (χ0) is 15.1. The van der Waals surface area contributed by atoms with Gasteiger partial charge in [-0.3, -0.25) is 4.68 Å². The molecule has 0 bridgehead atoms. The van der Waals surface area contributed by atoms with Crippen molar-refractivity contribution in [3.8, 4) is 11.5 Å². The summed E-state index contributed by atoms with van der Waals surface area (Å²) in [5.74, 6) is 1.53. The van der Waals surface area contributed by atoms with E-state index in [-0.39, 0.29) is 0 Å². The lowest BCUT2D eigenvalue weighted by Gasteiger charge is -2.15. The van der Waals surface area contributed by atoms with Crippen LogP contribution in [0.4, 0.5) is 0 Å². The van der Waals surface area contributed by atoms with Crippen LogP contribution >= 0.6 is 0 Å². The van der Waals surface area contributed by atoms with Crippen LogP contribution in [0.5, 0.6) is 11.5 Å². The van der Waals surface area contributed by atoms with Crippen LogP contribution in [0.2, 0.25) is 0 Å². The van der Waals surface area contributed by atoms with E-state index in [0.717, 1.165) is 35.8 Å². The van der Waals surface area contributed by atoms with E-state index in [2.05, 4.69) is 22.6 Å². The molecule has 0 atom stereocenters. The molecule has 114 valence electrons. The number of nitrogens with zero attached hydrogens (tertiary/aromatic N) is 3. The normalized spacial score (nSPS) is 10.6. The standard InChI is InChI=1S/C15H22N4O2/c1-4-16-9-12-7-6-8-14(20-5-2)15(12)21-11-13-10-19(3)18-17-13/h6-8,10,16H,4-5,9,11H2,1-3H3. The van der Waals surface area contributed by atoms with Crippen molar-refractivity contribution in [3.05, 3.63) is 35.7 Å². The second kappa shape index (κ2) is 7.64. The molecule has 2 aromatic rings. The van der Waals surface area contributed by atoms with Gasteiger partial charge in [0.1, 0.15) is 12.3 Å². The summed E-state index contributed by atoms with van der Waals surface area (Å²) in [6.07, 6.45) is 1.84. The fourth-order valence-corrected chi connectivity index (χ4v) is 2.00. The zero-order valence-corrected chi connectivity index (χ0v) is 12.8. The van der Waals surface area contributed by atoms with Gasteiger partial charge in [-0.25, -0.2) is 0 Å². The lowest BCUT2D eigenvalue weighted by Crippen LogP contribution is -2.13. The van der Waals surface area contributed by atoms with Gasteiger partial charge in [-0.05, 0) is 19.5 Å². The average Bonchev–Trinajstić information content (AvgIpc) is 2.90. The minimum absolute atomic E-state index is 0.372. The molecule has 0 saturated carbocycles. The van der Waals surface area contributed by atoms with E-state index in [4.69, 9.17) is 9.47 Å². The molecule has 0 aliphatic rings. The highest BCUT2D eigenvalue weighted by molar-refractivity contribution is 5.46. The van der Waals surface area contributed by atoms with E-state index in [1.54, 1.807) is 4.68 Å². The van der Waals surface area contributed by atoms with E-state index in [1.165, 1.54) is 0 Å². The first kappa shape index (κ1) is 15.3. The third kappa shape index (κ3) is 4.19. The Morgan fingerprint density at radius 1 is 1.24 bits per heavy atom. The van der Waals surface area contributed by atoms with Crippen molar-refractivity contribution in [3.63, 3.8) is 0 Å². The Kier molecular flexibility index (Phi) is 5.57. The predicted molar refractivity (Wildman–Crippen MR) is 80.3 cm³/mol. The summed E-state index contributed by atoms with van der Waals surface area (Å²) in [7, 11) is 1.83. The van der Waals surface area contributed by atoms with Gasteiger partial charge in [0.15, 0.2) is 11.5 Å². The van der Waals surface area contributed by atoms with E-state index in [1.807, 2.05) is 38.4 Å². The summed E-state index contributed by atoms with van der Waals surface area (Å²) >= 11 is 0. The maximum atomic E-state index is 5.94. The van der Waals surface area contributed by atoms with Crippen molar-refractivity contribution in [2.75, 3.05) is 13.2 Å². The number of aryl methyl sites for hydroxylation is 1. The zero-order valence-electron chi connectivity index (χ0n) is 12.8. The van der Waals surface area contributed by atoms with Crippen LogP contribution in [0.25, 0.3) is 0 Å². The number of rotatable bonds is 8. The third-order valence-electron chi connectivity index (χ3n) is 2.94. The summed E-state index contributed by atoms with van der Waals surface area (Å²) in [4.78, 5) is 0. The van der Waals surface area contributed by atoms with Crippen molar-refractivity contribution >= 4 is 0 Å². The van der Waals surface area contributed by atoms with Gasteiger partial charge in [-0.15, -0.1) is 5.10 Å². The van der Waals surface area contributed by atoms with Gasteiger partial charge in [-0.1, -0.05) is 24.3 Å². The Bertz CT molecular complexity index is 569. The van der Waals surface area contributed by atoms with Gasteiger partial charge >= 0.3 is 0 Å². The molecule has 0 spiro atoms. The Balaban J connectivity index is 2.16. The molecule has 0 fully saturated rings. The molecule has 1 heterocycles. The van der Waals surface area contributed by atoms with Crippen LogP contribution < -0.4 is 14.8 Å². The van der Waals surface area contributed by atoms with Crippen molar-refractivity contribution in [1.29, 1.82) is 0 Å². The molecule has 0 amide bonds. The molecule has 0 saturated heterocycles. The molecule has 6 heteroatoms. The minimum atomic E-state index is 0.372. The topological polar surface area (TPSA) is 61.2 Å². The van der Waals surface area contributed by atoms with Gasteiger partial charge in [0, 0.05) is 19.2 Å². The smallest absolute Gasteiger partial charge is 0.166 e. The SMILES string of the molecule is CCNCc1cccc(OCC)c1OCc1cn(C)nn1. The Morgan fingerprint density at radius 2 is 2.10 bits per heavy atom. The molecule has 1 aromatic heterocycles. The van der Waals surface area contributed by atoms with E-state index < -0.39 is 0 Å². The monoisotopic (exact) mass is 290 g/mol. The van der Waals surface area contributed by atoms with Crippen molar-refractivity contribution in [1.82, 2.24) is 20.3 Å². The van der Waals surface area contributed by atoms with Gasteiger partial charge in [0.25, 0.3) is 0 Å². The number of para-hydroxylation sites is 1. The molecular formula is C15H22N4O2. The van der Waals surface area contributed by atoms with Crippen LogP contribution in [-0.4, -0.2) is 28.1 Å². The van der Waals surface area contributed by atoms with Crippen LogP contribution in [0.15, 0.2) is 24.4 Å². The Hall–Kier alpha value is -2.08. The molecule has 0 radical (unpaired) electrons. The number of hydrogen-bond acceptors (Lipinski definition) is 5. The third-order valence-corrected chi connectivity index (χ3v) is 2.94. The lowest BCUT2D eigenvalue weighted by molar-refractivity contribution is 0.263. The number of benzene rings is 1. The van der Waals surface area contributed by atoms with Crippen molar-refractivity contribution < 1.29 is 9.47 Å². The van der Waals surface area contributed by atoms with Gasteiger partial charge in [-0.2, -0.15) is 0 Å². The van der Waals surface area contributed by atoms with Gasteiger partial charge < -0.3 is 14.8 Å². The molecular weight excluding hydrogens is 268 g/mol. The number of nitrogens with one attached hydrogen (secondary N) is 1. The maximum Gasteiger partial charge on any atom is 0.166 e. The molecule has 21 heavy (non-hydrogen) atoms. The minimum Gasteiger partial charge on any atom is -0.490 e. The maximum absolute atomic E-state index is 5.94. The molecule has 0 aliphatic carbocycles. The largest absolute Gasteiger partial charge is 0.490 e. The summed E-state index contributed by atoms with van der Waals surface area (Å²) in [6, 6.07) is 5.94.